The van der Waals surface area contributed by atoms with E-state index in [9.17, 15) is 4.79 Å². The van der Waals surface area contributed by atoms with E-state index in [0.717, 1.165) is 28.6 Å². The number of halogens is 1. The average molecular weight is 324 g/mol. The Balaban J connectivity index is 2.88. The molecule has 0 saturated carbocycles. The summed E-state index contributed by atoms with van der Waals surface area (Å²) in [7, 11) is 1.42. The topological polar surface area (TPSA) is 35.5 Å². The number of carbonyl (C=O) groups excluding carboxylic acids is 1. The molecule has 4 heteroatoms. The lowest BCUT2D eigenvalue weighted by Crippen LogP contribution is -2.23. The molecule has 1 rings (SSSR count). The third kappa shape index (κ3) is 2.65. The van der Waals surface area contributed by atoms with Gasteiger partial charge in [0.05, 0.1) is 12.7 Å². The van der Waals surface area contributed by atoms with E-state index in [0.29, 0.717) is 0 Å². The van der Waals surface area contributed by atoms with Crippen LogP contribution in [-0.4, -0.2) is 23.6 Å². The molecule has 1 aliphatic rings. The Kier molecular flexibility index (Phi) is 4.89. The van der Waals surface area contributed by atoms with Crippen molar-refractivity contribution in [2.45, 2.75) is 32.8 Å². The van der Waals surface area contributed by atoms with Gasteiger partial charge in [-0.3, -0.25) is 0 Å². The zero-order chi connectivity index (χ0) is 11.4. The van der Waals surface area contributed by atoms with Gasteiger partial charge in [0.1, 0.15) is 11.9 Å². The van der Waals surface area contributed by atoms with Gasteiger partial charge in [0.25, 0.3) is 0 Å². The fourth-order valence-electron chi connectivity index (χ4n) is 2.00. The van der Waals surface area contributed by atoms with Crippen molar-refractivity contribution in [2.24, 2.45) is 5.92 Å². The Bertz CT molecular complexity index is 273. The Morgan fingerprint density at radius 3 is 2.73 bits per heavy atom. The summed E-state index contributed by atoms with van der Waals surface area (Å²) in [5, 5.41) is 0. The zero-order valence-corrected chi connectivity index (χ0v) is 11.5. The first kappa shape index (κ1) is 12.8. The third-order valence-corrected chi connectivity index (χ3v) is 3.55. The predicted octanol–water partition coefficient (Wildman–Crippen LogP) is 2.68. The Labute approximate surface area is 104 Å². The Morgan fingerprint density at radius 2 is 2.27 bits per heavy atom. The quantitative estimate of drug-likeness (QED) is 0.453. The lowest BCUT2D eigenvalue weighted by atomic mass is 9.91. The molecule has 15 heavy (non-hydrogen) atoms. The molecule has 0 fully saturated rings. The van der Waals surface area contributed by atoms with Crippen molar-refractivity contribution in [3.05, 3.63) is 11.3 Å². The van der Waals surface area contributed by atoms with Crippen LogP contribution < -0.4 is 0 Å². The molecule has 0 N–H and O–H groups in total. The number of carbonyl (C=O) groups is 1. The van der Waals surface area contributed by atoms with Gasteiger partial charge in [-0.2, -0.15) is 0 Å². The molecular weight excluding hydrogens is 307 g/mol. The third-order valence-electron chi connectivity index (χ3n) is 2.68. The molecule has 0 unspecified atom stereocenters. The number of allylic oxidation sites excluding steroid dienone is 1. The van der Waals surface area contributed by atoms with E-state index in [1.54, 1.807) is 0 Å². The molecule has 3 nitrogen and oxygen atoms in total. The van der Waals surface area contributed by atoms with Gasteiger partial charge in [0.15, 0.2) is 0 Å². The number of hydrogen-bond acceptors (Lipinski definition) is 3. The van der Waals surface area contributed by atoms with E-state index >= 15 is 0 Å². The molecule has 0 aromatic carbocycles. The maximum atomic E-state index is 11.6. The highest BCUT2D eigenvalue weighted by Crippen LogP contribution is 2.35. The molecule has 0 aromatic rings. The molecule has 2 atom stereocenters. The van der Waals surface area contributed by atoms with Crippen molar-refractivity contribution in [2.75, 3.05) is 11.5 Å². The van der Waals surface area contributed by atoms with Crippen LogP contribution in [0.15, 0.2) is 11.3 Å². The fraction of sp³-hybridized carbons (Fsp3) is 0.727. The van der Waals surface area contributed by atoms with Crippen LogP contribution in [-0.2, 0) is 14.3 Å². The van der Waals surface area contributed by atoms with Crippen LogP contribution in [0.5, 0.6) is 0 Å². The van der Waals surface area contributed by atoms with Crippen molar-refractivity contribution in [3.8, 4) is 0 Å². The molecule has 0 spiro atoms. The van der Waals surface area contributed by atoms with Gasteiger partial charge >= 0.3 is 5.97 Å². The van der Waals surface area contributed by atoms with Gasteiger partial charge in [0, 0.05) is 10.3 Å². The summed E-state index contributed by atoms with van der Waals surface area (Å²) in [6.07, 6.45) is 2.17. The number of ether oxygens (including phenoxy) is 2. The molecule has 0 radical (unpaired) electrons. The van der Waals surface area contributed by atoms with Crippen LogP contribution in [0.2, 0.25) is 0 Å². The normalized spacial score (nSPS) is 25.3. The molecular formula is C11H17IO3. The Hall–Kier alpha value is -0.260. The van der Waals surface area contributed by atoms with Crippen LogP contribution in [0, 0.1) is 5.92 Å². The van der Waals surface area contributed by atoms with E-state index in [4.69, 9.17) is 9.47 Å². The van der Waals surface area contributed by atoms with Gasteiger partial charge in [-0.15, -0.1) is 0 Å². The van der Waals surface area contributed by atoms with Crippen LogP contribution in [0.3, 0.4) is 0 Å². The molecule has 1 heterocycles. The van der Waals surface area contributed by atoms with Gasteiger partial charge < -0.3 is 9.47 Å². The van der Waals surface area contributed by atoms with Crippen LogP contribution in [0.1, 0.15) is 26.7 Å². The minimum Gasteiger partial charge on any atom is -0.493 e. The van der Waals surface area contributed by atoms with Crippen molar-refractivity contribution in [1.82, 2.24) is 0 Å². The number of methoxy groups -OCH3 is 1. The molecule has 0 bridgehead atoms. The van der Waals surface area contributed by atoms with E-state index in [1.807, 2.05) is 6.92 Å². The minimum atomic E-state index is -0.238. The maximum Gasteiger partial charge on any atom is 0.337 e. The highest BCUT2D eigenvalue weighted by Gasteiger charge is 2.37. The van der Waals surface area contributed by atoms with Crippen molar-refractivity contribution in [1.29, 1.82) is 0 Å². The first-order valence-electron chi connectivity index (χ1n) is 5.17. The molecule has 0 saturated heterocycles. The maximum absolute atomic E-state index is 11.6. The summed E-state index contributed by atoms with van der Waals surface area (Å²) in [6, 6.07) is 0. The summed E-state index contributed by atoms with van der Waals surface area (Å²) in [6.45, 7) is 3.97. The van der Waals surface area contributed by atoms with Gasteiger partial charge in [-0.25, -0.2) is 4.79 Å². The number of alkyl halides is 1. The van der Waals surface area contributed by atoms with E-state index in [1.165, 1.54) is 7.11 Å². The second-order valence-electron chi connectivity index (χ2n) is 3.67. The van der Waals surface area contributed by atoms with Crippen molar-refractivity contribution < 1.29 is 14.3 Å². The highest BCUT2D eigenvalue weighted by atomic mass is 127. The molecule has 0 amide bonds. The van der Waals surface area contributed by atoms with E-state index in [2.05, 4.69) is 29.5 Å². The predicted molar refractivity (Wildman–Crippen MR) is 66.9 cm³/mol. The zero-order valence-electron chi connectivity index (χ0n) is 9.38. The van der Waals surface area contributed by atoms with E-state index < -0.39 is 0 Å². The standard InChI is InChI=1S/C11H17IO3/c1-4-5-8-9(6-12)15-7(2)10(8)11(13)14-3/h8-9H,4-6H2,1-3H3/t8-,9-/m0/s1. The largest absolute Gasteiger partial charge is 0.493 e. The van der Waals surface area contributed by atoms with Gasteiger partial charge in [0.2, 0.25) is 0 Å². The molecule has 1 aliphatic heterocycles. The summed E-state index contributed by atoms with van der Waals surface area (Å²) in [5.74, 6) is 0.708. The lowest BCUT2D eigenvalue weighted by Gasteiger charge is -2.17. The number of hydrogen-bond donors (Lipinski definition) is 0. The summed E-state index contributed by atoms with van der Waals surface area (Å²) >= 11 is 2.30. The van der Waals surface area contributed by atoms with Gasteiger partial charge in [-0.05, 0) is 13.3 Å². The fourth-order valence-corrected chi connectivity index (χ4v) is 2.80. The van der Waals surface area contributed by atoms with Crippen molar-refractivity contribution >= 4 is 28.6 Å². The lowest BCUT2D eigenvalue weighted by molar-refractivity contribution is -0.136. The monoisotopic (exact) mass is 324 g/mol. The SMILES string of the molecule is CCC[C@@H]1C(C(=O)OC)=C(C)O[C@H]1CI. The Morgan fingerprint density at radius 1 is 1.60 bits per heavy atom. The molecule has 86 valence electrons. The summed E-state index contributed by atoms with van der Waals surface area (Å²) in [4.78, 5) is 11.6. The van der Waals surface area contributed by atoms with Crippen LogP contribution in [0.25, 0.3) is 0 Å². The molecule has 0 aliphatic carbocycles. The van der Waals surface area contributed by atoms with Crippen molar-refractivity contribution in [3.63, 3.8) is 0 Å². The minimum absolute atomic E-state index is 0.139. The molecule has 0 aromatic heterocycles. The van der Waals surface area contributed by atoms with Crippen LogP contribution in [0.4, 0.5) is 0 Å². The second-order valence-corrected chi connectivity index (χ2v) is 4.55. The van der Waals surface area contributed by atoms with Gasteiger partial charge in [-0.1, -0.05) is 35.9 Å². The average Bonchev–Trinajstić information content (AvgIpc) is 2.54. The summed E-state index contributed by atoms with van der Waals surface area (Å²) in [5.41, 5.74) is 0.737. The first-order valence-corrected chi connectivity index (χ1v) is 6.69. The highest BCUT2D eigenvalue weighted by molar-refractivity contribution is 14.1. The smallest absolute Gasteiger partial charge is 0.337 e. The summed E-state index contributed by atoms with van der Waals surface area (Å²) < 4.78 is 11.4. The van der Waals surface area contributed by atoms with E-state index in [-0.39, 0.29) is 18.0 Å². The number of esters is 1. The first-order chi connectivity index (χ1) is 7.15. The second kappa shape index (κ2) is 5.72. The van der Waals surface area contributed by atoms with Crippen LogP contribution >= 0.6 is 22.6 Å². The number of rotatable bonds is 4.